The van der Waals surface area contributed by atoms with Gasteiger partial charge in [-0.25, -0.2) is 0 Å². The number of rotatable bonds is 0. The molecule has 2 saturated carbocycles. The van der Waals surface area contributed by atoms with E-state index in [2.05, 4.69) is 41.5 Å². The van der Waals surface area contributed by atoms with Gasteiger partial charge in [0.2, 0.25) is 0 Å². The molecule has 0 aromatic heterocycles. The summed E-state index contributed by atoms with van der Waals surface area (Å²) in [6.07, 6.45) is 7.33. The van der Waals surface area contributed by atoms with Gasteiger partial charge in [0, 0.05) is 0 Å². The lowest BCUT2D eigenvalue weighted by atomic mass is 9.64. The molecule has 0 radical (unpaired) electrons. The fraction of sp³-hybridized carbons (Fsp3) is 1.00. The molecule has 0 heteroatoms. The molecule has 100 valence electrons. The minimum absolute atomic E-state index is 0.601. The first-order valence-electron chi connectivity index (χ1n) is 7.80. The molecule has 17 heavy (non-hydrogen) atoms. The molecular weight excluding hydrogens is 204 g/mol. The summed E-state index contributed by atoms with van der Waals surface area (Å²) >= 11 is 0. The van der Waals surface area contributed by atoms with Crippen LogP contribution in [0.3, 0.4) is 0 Å². The summed E-state index contributed by atoms with van der Waals surface area (Å²) in [6.45, 7) is 15.3. The Bertz CT molecular complexity index is 254. The van der Waals surface area contributed by atoms with Crippen LogP contribution in [-0.2, 0) is 0 Å². The fourth-order valence-corrected chi connectivity index (χ4v) is 5.11. The second-order valence-corrected chi connectivity index (χ2v) is 7.99. The second kappa shape index (κ2) is 4.28. The Morgan fingerprint density at radius 3 is 1.41 bits per heavy atom. The molecule has 0 saturated heterocycles. The fourth-order valence-electron chi connectivity index (χ4n) is 5.11. The van der Waals surface area contributed by atoms with Crippen molar-refractivity contribution in [3.8, 4) is 0 Å². The molecule has 2 rings (SSSR count). The Hall–Kier alpha value is 0. The summed E-state index contributed by atoms with van der Waals surface area (Å²) < 4.78 is 0. The van der Waals surface area contributed by atoms with Gasteiger partial charge in [-0.3, -0.25) is 0 Å². The van der Waals surface area contributed by atoms with E-state index < -0.39 is 0 Å². The first-order valence-corrected chi connectivity index (χ1v) is 7.80. The van der Waals surface area contributed by atoms with Crippen LogP contribution < -0.4 is 0 Å². The summed E-state index contributed by atoms with van der Waals surface area (Å²) in [5, 5.41) is 0. The van der Waals surface area contributed by atoms with Crippen LogP contribution >= 0.6 is 0 Å². The van der Waals surface area contributed by atoms with Crippen LogP contribution in [0.25, 0.3) is 0 Å². The molecule has 0 aliphatic heterocycles. The lowest BCUT2D eigenvalue weighted by Crippen LogP contribution is -2.32. The first kappa shape index (κ1) is 13.4. The van der Waals surface area contributed by atoms with E-state index in [9.17, 15) is 0 Å². The Labute approximate surface area is 109 Å². The van der Waals surface area contributed by atoms with E-state index in [0.29, 0.717) is 10.8 Å². The molecule has 0 nitrogen and oxygen atoms in total. The van der Waals surface area contributed by atoms with E-state index in [-0.39, 0.29) is 0 Å². The van der Waals surface area contributed by atoms with Crippen molar-refractivity contribution in [1.82, 2.24) is 0 Å². The zero-order valence-electron chi connectivity index (χ0n) is 12.8. The molecule has 0 aromatic rings. The van der Waals surface area contributed by atoms with Crippen molar-refractivity contribution in [1.29, 1.82) is 0 Å². The van der Waals surface area contributed by atoms with Crippen molar-refractivity contribution >= 4 is 0 Å². The second-order valence-electron chi connectivity index (χ2n) is 7.99. The lowest BCUT2D eigenvalue weighted by molar-refractivity contribution is 0.0906. The Kier molecular flexibility index (Phi) is 3.38. The maximum absolute atomic E-state index is 2.59. The van der Waals surface area contributed by atoms with Crippen LogP contribution in [0.15, 0.2) is 0 Å². The van der Waals surface area contributed by atoms with Gasteiger partial charge < -0.3 is 0 Å². The summed E-state index contributed by atoms with van der Waals surface area (Å²) in [6, 6.07) is 0. The van der Waals surface area contributed by atoms with Crippen molar-refractivity contribution < 1.29 is 0 Å². The summed E-state index contributed by atoms with van der Waals surface area (Å²) in [7, 11) is 0. The summed E-state index contributed by atoms with van der Waals surface area (Å²) in [5.74, 6) is 3.55. The normalized spacial score (nSPS) is 56.1. The molecule has 2 fully saturated rings. The van der Waals surface area contributed by atoms with Crippen LogP contribution in [-0.4, -0.2) is 0 Å². The van der Waals surface area contributed by atoms with Gasteiger partial charge in [-0.15, -0.1) is 0 Å². The molecule has 2 aliphatic rings. The van der Waals surface area contributed by atoms with Gasteiger partial charge in [0.1, 0.15) is 0 Å². The molecule has 0 spiro atoms. The standard InChI is InChI=1S/C17H32/c1-12-13(2)15(4)17(6)10-8-7-9-16(5,11-17)14(12)3/h12-15H,7-11H2,1-6H3. The van der Waals surface area contributed by atoms with Gasteiger partial charge in [0.15, 0.2) is 0 Å². The number of hydrogen-bond acceptors (Lipinski definition) is 0. The maximum atomic E-state index is 2.59. The molecule has 0 N–H and O–H groups in total. The predicted molar refractivity (Wildman–Crippen MR) is 76.0 cm³/mol. The molecule has 0 amide bonds. The van der Waals surface area contributed by atoms with Gasteiger partial charge in [-0.1, -0.05) is 54.4 Å². The first-order chi connectivity index (χ1) is 7.80. The number of hydrogen-bond donors (Lipinski definition) is 0. The van der Waals surface area contributed by atoms with Gasteiger partial charge in [0.25, 0.3) is 0 Å². The van der Waals surface area contributed by atoms with Crippen molar-refractivity contribution in [2.45, 2.75) is 73.6 Å². The molecule has 2 aliphatic carbocycles. The predicted octanol–water partition coefficient (Wildman–Crippen LogP) is 5.52. The largest absolute Gasteiger partial charge is 0.0620 e. The third-order valence-corrected chi connectivity index (χ3v) is 7.16. The van der Waals surface area contributed by atoms with E-state index in [1.165, 1.54) is 32.1 Å². The zero-order chi connectivity index (χ0) is 12.8. The highest BCUT2D eigenvalue weighted by Crippen LogP contribution is 2.59. The Morgan fingerprint density at radius 1 is 0.706 bits per heavy atom. The molecule has 0 heterocycles. The van der Waals surface area contributed by atoms with E-state index in [4.69, 9.17) is 0 Å². The third-order valence-electron chi connectivity index (χ3n) is 7.16. The van der Waals surface area contributed by atoms with Crippen molar-refractivity contribution in [3.05, 3.63) is 0 Å². The Balaban J connectivity index is 2.42. The van der Waals surface area contributed by atoms with Crippen molar-refractivity contribution in [2.75, 3.05) is 0 Å². The molecule has 6 atom stereocenters. The third kappa shape index (κ3) is 2.06. The summed E-state index contributed by atoms with van der Waals surface area (Å²) in [4.78, 5) is 0. The topological polar surface area (TPSA) is 0 Å². The SMILES string of the molecule is CC1C(C)C(C)C2(C)CCCCC(C)(C2)C1C. The highest BCUT2D eigenvalue weighted by atomic mass is 14.5. The van der Waals surface area contributed by atoms with Gasteiger partial charge >= 0.3 is 0 Å². The minimum atomic E-state index is 0.601. The van der Waals surface area contributed by atoms with Crippen LogP contribution in [0.1, 0.15) is 73.6 Å². The highest BCUT2D eigenvalue weighted by Gasteiger charge is 2.50. The highest BCUT2D eigenvalue weighted by molar-refractivity contribution is 4.99. The lowest BCUT2D eigenvalue weighted by Gasteiger charge is -2.41. The van der Waals surface area contributed by atoms with Crippen molar-refractivity contribution in [2.24, 2.45) is 34.5 Å². The van der Waals surface area contributed by atoms with Crippen LogP contribution in [0.4, 0.5) is 0 Å². The van der Waals surface area contributed by atoms with E-state index >= 15 is 0 Å². The van der Waals surface area contributed by atoms with Crippen LogP contribution in [0.2, 0.25) is 0 Å². The summed E-state index contributed by atoms with van der Waals surface area (Å²) in [5.41, 5.74) is 1.20. The average molecular weight is 236 g/mol. The van der Waals surface area contributed by atoms with Crippen LogP contribution in [0.5, 0.6) is 0 Å². The molecule has 6 unspecified atom stereocenters. The maximum Gasteiger partial charge on any atom is -0.0292 e. The van der Waals surface area contributed by atoms with E-state index in [1.807, 2.05) is 0 Å². The Morgan fingerprint density at radius 2 is 1.06 bits per heavy atom. The minimum Gasteiger partial charge on any atom is -0.0620 e. The van der Waals surface area contributed by atoms with Crippen molar-refractivity contribution in [3.63, 3.8) is 0 Å². The molecular formula is C17H32. The quantitative estimate of drug-likeness (QED) is 0.519. The van der Waals surface area contributed by atoms with E-state index in [1.54, 1.807) is 0 Å². The van der Waals surface area contributed by atoms with E-state index in [0.717, 1.165) is 23.7 Å². The number of fused-ring (bicyclic) bond motifs is 2. The van der Waals surface area contributed by atoms with Gasteiger partial charge in [-0.05, 0) is 53.8 Å². The monoisotopic (exact) mass is 236 g/mol. The molecule has 2 bridgehead atoms. The van der Waals surface area contributed by atoms with Gasteiger partial charge in [0.05, 0.1) is 0 Å². The smallest absolute Gasteiger partial charge is 0.0292 e. The molecule has 0 aromatic carbocycles. The van der Waals surface area contributed by atoms with Crippen LogP contribution in [0, 0.1) is 34.5 Å². The van der Waals surface area contributed by atoms with Gasteiger partial charge in [-0.2, -0.15) is 0 Å². The zero-order valence-corrected chi connectivity index (χ0v) is 12.8. The average Bonchev–Trinajstić information content (AvgIpc) is 2.47.